The molecular formula is C25H31N5O2S. The molecule has 0 aliphatic heterocycles. The minimum atomic E-state index is -0.296. The van der Waals surface area contributed by atoms with E-state index in [1.807, 2.05) is 42.5 Å². The van der Waals surface area contributed by atoms with Crippen LogP contribution in [0.3, 0.4) is 0 Å². The Morgan fingerprint density at radius 1 is 1.15 bits per heavy atom. The zero-order chi connectivity index (χ0) is 22.7. The lowest BCUT2D eigenvalue weighted by Gasteiger charge is -2.57. The predicted octanol–water partition coefficient (Wildman–Crippen LogP) is 4.02. The molecule has 4 bridgehead atoms. The predicted molar refractivity (Wildman–Crippen MR) is 129 cm³/mol. The molecule has 8 heteroatoms. The van der Waals surface area contributed by atoms with E-state index < -0.39 is 0 Å². The van der Waals surface area contributed by atoms with Gasteiger partial charge in [-0.05, 0) is 81.8 Å². The van der Waals surface area contributed by atoms with Crippen LogP contribution in [0.1, 0.15) is 58.8 Å². The largest absolute Gasteiger partial charge is 0.350 e. The molecule has 1 amide bonds. The molecule has 0 spiro atoms. The fraction of sp³-hybridized carbons (Fsp3) is 0.600. The highest BCUT2D eigenvalue weighted by molar-refractivity contribution is 8.00. The van der Waals surface area contributed by atoms with Crippen LogP contribution in [0, 0.1) is 17.8 Å². The molecular weight excluding hydrogens is 434 g/mol. The van der Waals surface area contributed by atoms with Gasteiger partial charge in [-0.25, -0.2) is 0 Å². The van der Waals surface area contributed by atoms with E-state index in [2.05, 4.69) is 15.5 Å². The van der Waals surface area contributed by atoms with Crippen molar-refractivity contribution in [2.24, 2.45) is 17.8 Å². The maximum absolute atomic E-state index is 13.3. The fourth-order valence-electron chi connectivity index (χ4n) is 7.07. The van der Waals surface area contributed by atoms with Crippen LogP contribution < -0.4 is 10.9 Å². The second-order valence-electron chi connectivity index (χ2n) is 10.5. The summed E-state index contributed by atoms with van der Waals surface area (Å²) in [5, 5.41) is 13.3. The number of carbonyl (C=O) groups excluding carboxylic acids is 1. The Bertz CT molecular complexity index is 1260. The van der Waals surface area contributed by atoms with Gasteiger partial charge < -0.3 is 5.32 Å². The Morgan fingerprint density at radius 2 is 1.82 bits per heavy atom. The van der Waals surface area contributed by atoms with Crippen LogP contribution in [0.25, 0.3) is 16.7 Å². The summed E-state index contributed by atoms with van der Waals surface area (Å²) in [5.74, 6) is 3.01. The Labute approximate surface area is 197 Å². The number of rotatable bonds is 6. The minimum Gasteiger partial charge on any atom is -0.350 e. The number of nitrogens with one attached hydrogen (secondary N) is 1. The van der Waals surface area contributed by atoms with Crippen molar-refractivity contribution in [1.82, 2.24) is 24.5 Å². The van der Waals surface area contributed by atoms with Crippen molar-refractivity contribution in [2.45, 2.75) is 81.3 Å². The second kappa shape index (κ2) is 7.86. The molecule has 4 fully saturated rings. The van der Waals surface area contributed by atoms with Gasteiger partial charge in [0.15, 0.2) is 5.16 Å². The summed E-state index contributed by atoms with van der Waals surface area (Å²) in [6.07, 6.45) is 8.33. The van der Waals surface area contributed by atoms with Crippen LogP contribution in [0.5, 0.6) is 0 Å². The summed E-state index contributed by atoms with van der Waals surface area (Å²) in [6.45, 7) is 4.57. The quantitative estimate of drug-likeness (QED) is 0.556. The Morgan fingerprint density at radius 3 is 2.48 bits per heavy atom. The summed E-state index contributed by atoms with van der Waals surface area (Å²) < 4.78 is 3.63. The number of hydrogen-bond acceptors (Lipinski definition) is 5. The normalized spacial score (nSPS) is 29.1. The topological polar surface area (TPSA) is 81.3 Å². The maximum atomic E-state index is 13.3. The standard InChI is InChI=1S/C25H31N5O2S/c1-3-8-29-22(32)19-6-4-5-7-20(19)30-23(29)27-28-24(30)33-15(2)21(31)26-25-12-16-9-17(13-25)11-18(10-16)14-25/h4-7,15-18H,3,8-14H2,1-2H3,(H,26,31). The molecule has 4 aliphatic rings. The number of hydrogen-bond donors (Lipinski definition) is 1. The molecule has 4 aliphatic carbocycles. The first-order chi connectivity index (χ1) is 16.0. The van der Waals surface area contributed by atoms with Crippen LogP contribution in [-0.2, 0) is 11.3 Å². The molecule has 1 N–H and O–H groups in total. The molecule has 1 unspecified atom stereocenters. The first-order valence-corrected chi connectivity index (χ1v) is 13.2. The summed E-state index contributed by atoms with van der Waals surface area (Å²) >= 11 is 1.43. The van der Waals surface area contributed by atoms with E-state index in [-0.39, 0.29) is 22.3 Å². The van der Waals surface area contributed by atoms with Crippen molar-refractivity contribution in [1.29, 1.82) is 0 Å². The second-order valence-corrected chi connectivity index (χ2v) is 11.8. The number of fused-ring (bicyclic) bond motifs is 3. The van der Waals surface area contributed by atoms with Crippen molar-refractivity contribution in [3.8, 4) is 0 Å². The van der Waals surface area contributed by atoms with Crippen molar-refractivity contribution in [3.05, 3.63) is 34.6 Å². The number of thioether (sulfide) groups is 1. The van der Waals surface area contributed by atoms with Gasteiger partial charge in [0.25, 0.3) is 5.56 Å². The SMILES string of the molecule is CCCn1c(=O)c2ccccc2n2c(SC(C)C(=O)NC34CC5CC(CC(C5)C3)C4)nnc12. The fourth-order valence-corrected chi connectivity index (χ4v) is 7.93. The molecule has 2 heterocycles. The van der Waals surface area contributed by atoms with E-state index in [4.69, 9.17) is 0 Å². The molecule has 7 nitrogen and oxygen atoms in total. The molecule has 174 valence electrons. The highest BCUT2D eigenvalue weighted by Crippen LogP contribution is 2.55. The van der Waals surface area contributed by atoms with Crippen LogP contribution in [0.4, 0.5) is 0 Å². The lowest BCUT2D eigenvalue weighted by molar-refractivity contribution is -0.126. The number of para-hydroxylation sites is 1. The van der Waals surface area contributed by atoms with E-state index in [9.17, 15) is 9.59 Å². The van der Waals surface area contributed by atoms with Gasteiger partial charge in [-0.2, -0.15) is 0 Å². The first kappa shape index (κ1) is 21.2. The summed E-state index contributed by atoms with van der Waals surface area (Å²) in [7, 11) is 0. The summed E-state index contributed by atoms with van der Waals surface area (Å²) in [4.78, 5) is 26.4. The van der Waals surface area contributed by atoms with Crippen molar-refractivity contribution >= 4 is 34.3 Å². The molecule has 1 atom stereocenters. The Kier molecular flexibility index (Phi) is 5.05. The first-order valence-electron chi connectivity index (χ1n) is 12.3. The Hall–Kier alpha value is -2.35. The zero-order valence-electron chi connectivity index (χ0n) is 19.3. The minimum absolute atomic E-state index is 0.00185. The monoisotopic (exact) mass is 465 g/mol. The number of benzene rings is 1. The smallest absolute Gasteiger partial charge is 0.262 e. The number of carbonyl (C=O) groups is 1. The molecule has 0 saturated heterocycles. The molecule has 4 saturated carbocycles. The molecule has 33 heavy (non-hydrogen) atoms. The van der Waals surface area contributed by atoms with Gasteiger partial charge in [0, 0.05) is 12.1 Å². The lowest BCUT2D eigenvalue weighted by atomic mass is 9.53. The van der Waals surface area contributed by atoms with Crippen LogP contribution in [0.2, 0.25) is 0 Å². The van der Waals surface area contributed by atoms with Crippen molar-refractivity contribution in [2.75, 3.05) is 0 Å². The van der Waals surface area contributed by atoms with E-state index in [1.165, 1.54) is 31.0 Å². The third-order valence-electron chi connectivity index (χ3n) is 8.00. The maximum Gasteiger partial charge on any atom is 0.262 e. The average Bonchev–Trinajstić information content (AvgIpc) is 3.19. The van der Waals surface area contributed by atoms with Crippen LogP contribution >= 0.6 is 11.8 Å². The molecule has 0 radical (unpaired) electrons. The van der Waals surface area contributed by atoms with Crippen LogP contribution in [-0.4, -0.2) is 35.9 Å². The molecule has 3 aromatic rings. The Balaban J connectivity index is 1.30. The van der Waals surface area contributed by atoms with Gasteiger partial charge in [0.05, 0.1) is 16.2 Å². The van der Waals surface area contributed by atoms with Gasteiger partial charge in [-0.3, -0.25) is 18.6 Å². The average molecular weight is 466 g/mol. The summed E-state index contributed by atoms with van der Waals surface area (Å²) in [6, 6.07) is 7.57. The number of amides is 1. The van der Waals surface area contributed by atoms with E-state index in [1.54, 1.807) is 4.57 Å². The van der Waals surface area contributed by atoms with Gasteiger partial charge in [0.1, 0.15) is 0 Å². The lowest BCUT2D eigenvalue weighted by Crippen LogP contribution is -2.60. The third kappa shape index (κ3) is 3.49. The van der Waals surface area contributed by atoms with Gasteiger partial charge in [-0.1, -0.05) is 30.8 Å². The van der Waals surface area contributed by atoms with E-state index in [0.717, 1.165) is 49.0 Å². The number of aromatic nitrogens is 4. The van der Waals surface area contributed by atoms with E-state index >= 15 is 0 Å². The molecule has 2 aromatic heterocycles. The highest BCUT2D eigenvalue weighted by Gasteiger charge is 2.51. The van der Waals surface area contributed by atoms with Gasteiger partial charge >= 0.3 is 0 Å². The summed E-state index contributed by atoms with van der Waals surface area (Å²) in [5.41, 5.74) is 0.740. The van der Waals surface area contributed by atoms with Crippen LogP contribution in [0.15, 0.2) is 34.2 Å². The van der Waals surface area contributed by atoms with Gasteiger partial charge in [0.2, 0.25) is 11.7 Å². The van der Waals surface area contributed by atoms with E-state index in [0.29, 0.717) is 22.9 Å². The number of aryl methyl sites for hydroxylation is 1. The van der Waals surface area contributed by atoms with Crippen molar-refractivity contribution in [3.63, 3.8) is 0 Å². The third-order valence-corrected chi connectivity index (χ3v) is 9.05. The number of nitrogens with zero attached hydrogens (tertiary/aromatic N) is 4. The highest BCUT2D eigenvalue weighted by atomic mass is 32.2. The van der Waals surface area contributed by atoms with Crippen molar-refractivity contribution < 1.29 is 4.79 Å². The zero-order valence-corrected chi connectivity index (χ0v) is 20.1. The molecule has 7 rings (SSSR count). The molecule has 1 aromatic carbocycles. The van der Waals surface area contributed by atoms with Gasteiger partial charge in [-0.15, -0.1) is 10.2 Å².